The van der Waals surface area contributed by atoms with Crippen LogP contribution >= 0.6 is 11.6 Å². The SMILES string of the molecule is CN(Cc1ccccc1Cl)C(=O)COc1cccc(N)c1. The molecule has 1 amide bonds. The molecule has 0 saturated carbocycles. The summed E-state index contributed by atoms with van der Waals surface area (Å²) >= 11 is 6.08. The average Bonchev–Trinajstić information content (AvgIpc) is 2.47. The summed E-state index contributed by atoms with van der Waals surface area (Å²) in [6.07, 6.45) is 0. The average molecular weight is 305 g/mol. The van der Waals surface area contributed by atoms with Gasteiger partial charge >= 0.3 is 0 Å². The molecule has 0 heterocycles. The zero-order chi connectivity index (χ0) is 15.2. The van der Waals surface area contributed by atoms with E-state index in [-0.39, 0.29) is 12.5 Å². The van der Waals surface area contributed by atoms with Gasteiger partial charge in [0.05, 0.1) is 0 Å². The van der Waals surface area contributed by atoms with Crippen molar-refractivity contribution in [3.8, 4) is 5.75 Å². The monoisotopic (exact) mass is 304 g/mol. The zero-order valence-corrected chi connectivity index (χ0v) is 12.5. The van der Waals surface area contributed by atoms with Crippen molar-refractivity contribution in [2.75, 3.05) is 19.4 Å². The molecule has 0 aliphatic rings. The van der Waals surface area contributed by atoms with Gasteiger partial charge in [-0.3, -0.25) is 4.79 Å². The second-order valence-electron chi connectivity index (χ2n) is 4.70. The molecule has 2 N–H and O–H groups in total. The van der Waals surface area contributed by atoms with Crippen LogP contribution in [-0.4, -0.2) is 24.5 Å². The van der Waals surface area contributed by atoms with Crippen molar-refractivity contribution in [2.45, 2.75) is 6.54 Å². The number of ether oxygens (including phenoxy) is 1. The highest BCUT2D eigenvalue weighted by Crippen LogP contribution is 2.17. The van der Waals surface area contributed by atoms with Gasteiger partial charge in [0.15, 0.2) is 6.61 Å². The van der Waals surface area contributed by atoms with Crippen molar-refractivity contribution in [2.24, 2.45) is 0 Å². The molecule has 0 radical (unpaired) electrons. The Morgan fingerprint density at radius 3 is 2.71 bits per heavy atom. The molecule has 0 saturated heterocycles. The van der Waals surface area contributed by atoms with Crippen LogP contribution in [0, 0.1) is 0 Å². The predicted octanol–water partition coefficient (Wildman–Crippen LogP) is 2.96. The van der Waals surface area contributed by atoms with Crippen LogP contribution in [0.2, 0.25) is 5.02 Å². The molecule has 0 aliphatic heterocycles. The maximum Gasteiger partial charge on any atom is 0.260 e. The first kappa shape index (κ1) is 15.2. The van der Waals surface area contributed by atoms with Crippen molar-refractivity contribution in [1.29, 1.82) is 0 Å². The topological polar surface area (TPSA) is 55.6 Å². The lowest BCUT2D eigenvalue weighted by Crippen LogP contribution is -2.31. The largest absolute Gasteiger partial charge is 0.484 e. The number of anilines is 1. The molecule has 0 aliphatic carbocycles. The number of amides is 1. The van der Waals surface area contributed by atoms with Crippen molar-refractivity contribution in [3.05, 3.63) is 59.1 Å². The van der Waals surface area contributed by atoms with Crippen molar-refractivity contribution in [3.63, 3.8) is 0 Å². The molecule has 0 fully saturated rings. The highest BCUT2D eigenvalue weighted by atomic mass is 35.5. The normalized spacial score (nSPS) is 10.2. The third-order valence-electron chi connectivity index (χ3n) is 3.01. The summed E-state index contributed by atoms with van der Waals surface area (Å²) in [7, 11) is 1.72. The van der Waals surface area contributed by atoms with Crippen molar-refractivity contribution in [1.82, 2.24) is 4.90 Å². The summed E-state index contributed by atoms with van der Waals surface area (Å²) in [5, 5.41) is 0.647. The fourth-order valence-corrected chi connectivity index (χ4v) is 2.03. The van der Waals surface area contributed by atoms with Gasteiger partial charge in [-0.05, 0) is 23.8 Å². The Morgan fingerprint density at radius 2 is 2.00 bits per heavy atom. The van der Waals surface area contributed by atoms with E-state index in [9.17, 15) is 4.79 Å². The lowest BCUT2D eigenvalue weighted by molar-refractivity contribution is -0.132. The minimum Gasteiger partial charge on any atom is -0.484 e. The molecule has 0 unspecified atom stereocenters. The van der Waals surface area contributed by atoms with Gasteiger partial charge in [-0.2, -0.15) is 0 Å². The summed E-state index contributed by atoms with van der Waals surface area (Å²) in [4.78, 5) is 13.6. The number of carbonyl (C=O) groups is 1. The van der Waals surface area contributed by atoms with Gasteiger partial charge in [-0.15, -0.1) is 0 Å². The van der Waals surface area contributed by atoms with Gasteiger partial charge in [0.1, 0.15) is 5.75 Å². The molecule has 4 nitrogen and oxygen atoms in total. The first-order valence-electron chi connectivity index (χ1n) is 6.52. The maximum absolute atomic E-state index is 12.0. The van der Waals surface area contributed by atoms with Crippen molar-refractivity contribution >= 4 is 23.2 Å². The second kappa shape index (κ2) is 6.99. The van der Waals surface area contributed by atoms with Crippen LogP contribution in [0.3, 0.4) is 0 Å². The van der Waals surface area contributed by atoms with Gasteiger partial charge in [0, 0.05) is 30.4 Å². The lowest BCUT2D eigenvalue weighted by atomic mass is 10.2. The van der Waals surface area contributed by atoms with Crippen LogP contribution in [0.4, 0.5) is 5.69 Å². The van der Waals surface area contributed by atoms with Crippen LogP contribution in [0.15, 0.2) is 48.5 Å². The van der Waals surface area contributed by atoms with E-state index in [0.717, 1.165) is 5.56 Å². The Bertz CT molecular complexity index is 631. The highest BCUT2D eigenvalue weighted by molar-refractivity contribution is 6.31. The molecule has 2 rings (SSSR count). The van der Waals surface area contributed by atoms with Crippen LogP contribution in [-0.2, 0) is 11.3 Å². The number of nitrogen functional groups attached to an aromatic ring is 1. The molecule has 0 atom stereocenters. The number of rotatable bonds is 5. The van der Waals surface area contributed by atoms with Gasteiger partial charge in [0.25, 0.3) is 5.91 Å². The molecule has 0 bridgehead atoms. The number of hydrogen-bond donors (Lipinski definition) is 1. The highest BCUT2D eigenvalue weighted by Gasteiger charge is 2.11. The minimum atomic E-state index is -0.127. The molecule has 2 aromatic rings. The molecule has 0 aromatic heterocycles. The number of nitrogens with zero attached hydrogens (tertiary/aromatic N) is 1. The molecule has 0 spiro atoms. The number of carbonyl (C=O) groups excluding carboxylic acids is 1. The molecule has 5 heteroatoms. The fraction of sp³-hybridized carbons (Fsp3) is 0.188. The Labute approximate surface area is 129 Å². The first-order chi connectivity index (χ1) is 10.1. The van der Waals surface area contributed by atoms with E-state index in [1.165, 1.54) is 0 Å². The van der Waals surface area contributed by atoms with Crippen LogP contribution in [0.5, 0.6) is 5.75 Å². The lowest BCUT2D eigenvalue weighted by Gasteiger charge is -2.18. The van der Waals surface area contributed by atoms with E-state index < -0.39 is 0 Å². The first-order valence-corrected chi connectivity index (χ1v) is 6.90. The minimum absolute atomic E-state index is 0.0373. The maximum atomic E-state index is 12.0. The summed E-state index contributed by atoms with van der Waals surface area (Å²) in [6.45, 7) is 0.406. The van der Waals surface area contributed by atoms with E-state index in [1.54, 1.807) is 42.3 Å². The number of halogens is 1. The summed E-state index contributed by atoms with van der Waals surface area (Å²) in [6, 6.07) is 14.4. The number of benzene rings is 2. The van der Waals surface area contributed by atoms with Crippen LogP contribution < -0.4 is 10.5 Å². The number of likely N-dealkylation sites (N-methyl/N-ethyl adjacent to an activating group) is 1. The quantitative estimate of drug-likeness (QED) is 0.864. The van der Waals surface area contributed by atoms with Crippen LogP contribution in [0.25, 0.3) is 0 Å². The Kier molecular flexibility index (Phi) is 5.06. The summed E-state index contributed by atoms with van der Waals surface area (Å²) < 4.78 is 5.43. The predicted molar refractivity (Wildman–Crippen MR) is 84.3 cm³/mol. The van der Waals surface area contributed by atoms with Gasteiger partial charge in [-0.1, -0.05) is 35.9 Å². The Balaban J connectivity index is 1.90. The van der Waals surface area contributed by atoms with E-state index in [1.807, 2.05) is 18.2 Å². The molecule has 110 valence electrons. The summed E-state index contributed by atoms with van der Waals surface area (Å²) in [5.41, 5.74) is 7.16. The van der Waals surface area contributed by atoms with E-state index in [4.69, 9.17) is 22.1 Å². The second-order valence-corrected chi connectivity index (χ2v) is 5.11. The molecule has 2 aromatic carbocycles. The Hall–Kier alpha value is -2.20. The van der Waals surface area contributed by atoms with E-state index in [2.05, 4.69) is 0 Å². The van der Waals surface area contributed by atoms with E-state index >= 15 is 0 Å². The Morgan fingerprint density at radius 1 is 1.24 bits per heavy atom. The van der Waals surface area contributed by atoms with Gasteiger partial charge in [-0.25, -0.2) is 0 Å². The zero-order valence-electron chi connectivity index (χ0n) is 11.8. The van der Waals surface area contributed by atoms with Gasteiger partial charge < -0.3 is 15.4 Å². The molecular weight excluding hydrogens is 288 g/mol. The number of hydrogen-bond acceptors (Lipinski definition) is 3. The molecule has 21 heavy (non-hydrogen) atoms. The molecular formula is C16H17ClN2O2. The smallest absolute Gasteiger partial charge is 0.260 e. The summed E-state index contributed by atoms with van der Waals surface area (Å²) in [5.74, 6) is 0.451. The fourth-order valence-electron chi connectivity index (χ4n) is 1.83. The standard InChI is InChI=1S/C16H17ClN2O2/c1-19(10-12-5-2-3-8-15(12)17)16(20)11-21-14-7-4-6-13(18)9-14/h2-9H,10-11,18H2,1H3. The van der Waals surface area contributed by atoms with E-state index in [0.29, 0.717) is 23.0 Å². The third-order valence-corrected chi connectivity index (χ3v) is 3.38. The van der Waals surface area contributed by atoms with Gasteiger partial charge in [0.2, 0.25) is 0 Å². The third kappa shape index (κ3) is 4.39. The van der Waals surface area contributed by atoms with Crippen molar-refractivity contribution < 1.29 is 9.53 Å². The van der Waals surface area contributed by atoms with Crippen LogP contribution in [0.1, 0.15) is 5.56 Å². The number of nitrogens with two attached hydrogens (primary N) is 1.